The van der Waals surface area contributed by atoms with Gasteiger partial charge in [0.2, 0.25) is 5.91 Å². The molecule has 1 aliphatic rings. The Labute approximate surface area is 178 Å². The van der Waals surface area contributed by atoms with Crippen LogP contribution in [0.1, 0.15) is 24.0 Å². The molecule has 5 nitrogen and oxygen atoms in total. The molecular formula is C20H20ClF3N2O3S. The highest BCUT2D eigenvalue weighted by molar-refractivity contribution is 7.92. The molecule has 1 aliphatic heterocycles. The minimum Gasteiger partial charge on any atom is -0.341 e. The molecule has 10 heteroatoms. The molecule has 1 heterocycles. The zero-order chi connectivity index (χ0) is 22.1. The van der Waals surface area contributed by atoms with Gasteiger partial charge in [-0.3, -0.25) is 9.10 Å². The maximum atomic E-state index is 13.3. The number of amides is 1. The number of benzene rings is 2. The minimum absolute atomic E-state index is 0.120. The second-order valence-corrected chi connectivity index (χ2v) is 9.34. The SMILES string of the molecule is Cc1ccc(S(=O)(=O)N(CC(=O)N2CCCC2)c2ccc(Cl)c(C(F)(F)F)c2)cc1. The summed E-state index contributed by atoms with van der Waals surface area (Å²) in [5.74, 6) is -0.466. The molecule has 0 spiro atoms. The lowest BCUT2D eigenvalue weighted by molar-refractivity contribution is -0.137. The van der Waals surface area contributed by atoms with Crippen molar-refractivity contribution in [3.05, 3.63) is 58.6 Å². The summed E-state index contributed by atoms with van der Waals surface area (Å²) in [6, 6.07) is 8.69. The van der Waals surface area contributed by atoms with E-state index < -0.39 is 39.2 Å². The standard InChI is InChI=1S/C20H20ClF3N2O3S/c1-14-4-7-16(8-5-14)30(28,29)26(13-19(27)25-10-2-3-11-25)15-6-9-18(21)17(12-15)20(22,23)24/h4-9,12H,2-3,10-11,13H2,1H3. The van der Waals surface area contributed by atoms with Crippen LogP contribution >= 0.6 is 11.6 Å². The van der Waals surface area contributed by atoms with Gasteiger partial charge in [0.25, 0.3) is 10.0 Å². The number of aryl methyl sites for hydroxylation is 1. The van der Waals surface area contributed by atoms with E-state index in [9.17, 15) is 26.4 Å². The van der Waals surface area contributed by atoms with E-state index in [2.05, 4.69) is 0 Å². The topological polar surface area (TPSA) is 57.7 Å². The Kier molecular flexibility index (Phi) is 6.33. The van der Waals surface area contributed by atoms with Crippen LogP contribution in [0.3, 0.4) is 0 Å². The first kappa shape index (κ1) is 22.4. The third-order valence-corrected chi connectivity index (χ3v) is 7.01. The molecule has 0 aromatic heterocycles. The Hall–Kier alpha value is -2.26. The number of anilines is 1. The van der Waals surface area contributed by atoms with Gasteiger partial charge in [-0.15, -0.1) is 0 Å². The zero-order valence-electron chi connectivity index (χ0n) is 16.1. The molecular weight excluding hydrogens is 441 g/mol. The van der Waals surface area contributed by atoms with Crippen LogP contribution < -0.4 is 4.31 Å². The summed E-state index contributed by atoms with van der Waals surface area (Å²) >= 11 is 5.68. The van der Waals surface area contributed by atoms with E-state index in [1.165, 1.54) is 23.1 Å². The third-order valence-electron chi connectivity index (χ3n) is 4.89. The van der Waals surface area contributed by atoms with Crippen molar-refractivity contribution in [1.29, 1.82) is 0 Å². The fraction of sp³-hybridized carbons (Fsp3) is 0.350. The smallest absolute Gasteiger partial charge is 0.341 e. The first-order valence-electron chi connectivity index (χ1n) is 9.24. The lowest BCUT2D eigenvalue weighted by Gasteiger charge is -2.27. The minimum atomic E-state index is -4.77. The Balaban J connectivity index is 2.08. The number of halogens is 4. The Morgan fingerprint density at radius 2 is 1.70 bits per heavy atom. The fourth-order valence-corrected chi connectivity index (χ4v) is 4.86. The average molecular weight is 461 g/mol. The van der Waals surface area contributed by atoms with Crippen molar-refractivity contribution in [2.24, 2.45) is 0 Å². The van der Waals surface area contributed by atoms with Gasteiger partial charge >= 0.3 is 6.18 Å². The average Bonchev–Trinajstić information content (AvgIpc) is 3.21. The summed E-state index contributed by atoms with van der Waals surface area (Å²) < 4.78 is 67.3. The molecule has 3 rings (SSSR count). The van der Waals surface area contributed by atoms with E-state index in [1.807, 2.05) is 0 Å². The van der Waals surface area contributed by atoms with Gasteiger partial charge in [-0.2, -0.15) is 13.2 Å². The Bertz CT molecular complexity index is 1030. The number of carbonyl (C=O) groups is 1. The fourth-order valence-electron chi connectivity index (χ4n) is 3.23. The first-order valence-corrected chi connectivity index (χ1v) is 11.1. The monoisotopic (exact) mass is 460 g/mol. The van der Waals surface area contributed by atoms with Gasteiger partial charge in [0.15, 0.2) is 0 Å². The normalized spacial score (nSPS) is 14.8. The predicted molar refractivity (Wildman–Crippen MR) is 108 cm³/mol. The van der Waals surface area contributed by atoms with Crippen molar-refractivity contribution in [3.63, 3.8) is 0 Å². The molecule has 1 saturated heterocycles. The van der Waals surface area contributed by atoms with Gasteiger partial charge in [-0.05, 0) is 50.1 Å². The summed E-state index contributed by atoms with van der Waals surface area (Å²) in [6.07, 6.45) is -3.17. The molecule has 0 unspecified atom stereocenters. The lowest BCUT2D eigenvalue weighted by Crippen LogP contribution is -2.42. The summed E-state index contributed by atoms with van der Waals surface area (Å²) in [5, 5.41) is -0.551. The third kappa shape index (κ3) is 4.73. The van der Waals surface area contributed by atoms with Crippen molar-refractivity contribution < 1.29 is 26.4 Å². The van der Waals surface area contributed by atoms with E-state index in [4.69, 9.17) is 11.6 Å². The first-order chi connectivity index (χ1) is 14.0. The van der Waals surface area contributed by atoms with E-state index >= 15 is 0 Å². The predicted octanol–water partition coefficient (Wildman–Crippen LogP) is 4.48. The molecule has 30 heavy (non-hydrogen) atoms. The van der Waals surface area contributed by atoms with Crippen LogP contribution in [0.4, 0.5) is 18.9 Å². The molecule has 2 aromatic carbocycles. The molecule has 0 aliphatic carbocycles. The number of hydrogen-bond acceptors (Lipinski definition) is 3. The van der Waals surface area contributed by atoms with Crippen LogP contribution in [0.5, 0.6) is 0 Å². The maximum Gasteiger partial charge on any atom is 0.417 e. The summed E-state index contributed by atoms with van der Waals surface area (Å²) in [4.78, 5) is 14.1. The van der Waals surface area contributed by atoms with Crippen LogP contribution in [-0.4, -0.2) is 38.9 Å². The van der Waals surface area contributed by atoms with Crippen LogP contribution in [0, 0.1) is 6.92 Å². The molecule has 0 saturated carbocycles. The number of hydrogen-bond donors (Lipinski definition) is 0. The van der Waals surface area contributed by atoms with E-state index in [0.29, 0.717) is 23.5 Å². The van der Waals surface area contributed by atoms with Gasteiger partial charge in [-0.25, -0.2) is 8.42 Å². The highest BCUT2D eigenvalue weighted by Gasteiger charge is 2.36. The number of sulfonamides is 1. The number of rotatable bonds is 5. The number of alkyl halides is 3. The molecule has 0 bridgehead atoms. The van der Waals surface area contributed by atoms with Gasteiger partial charge in [0.1, 0.15) is 6.54 Å². The molecule has 0 radical (unpaired) electrons. The highest BCUT2D eigenvalue weighted by Crippen LogP contribution is 2.38. The van der Waals surface area contributed by atoms with Gasteiger partial charge in [-0.1, -0.05) is 29.3 Å². The molecule has 1 fully saturated rings. The Morgan fingerprint density at radius 3 is 2.27 bits per heavy atom. The van der Waals surface area contributed by atoms with Crippen LogP contribution in [0.2, 0.25) is 5.02 Å². The van der Waals surface area contributed by atoms with Crippen molar-refractivity contribution in [3.8, 4) is 0 Å². The van der Waals surface area contributed by atoms with Crippen molar-refractivity contribution in [2.75, 3.05) is 23.9 Å². The molecule has 1 amide bonds. The quantitative estimate of drug-likeness (QED) is 0.660. The number of nitrogens with zero attached hydrogens (tertiary/aromatic N) is 2. The molecule has 0 N–H and O–H groups in total. The van der Waals surface area contributed by atoms with Crippen LogP contribution in [0.15, 0.2) is 47.4 Å². The van der Waals surface area contributed by atoms with E-state index in [1.54, 1.807) is 19.1 Å². The van der Waals surface area contributed by atoms with Gasteiger partial charge < -0.3 is 4.90 Å². The van der Waals surface area contributed by atoms with E-state index in [-0.39, 0.29) is 10.6 Å². The lowest BCUT2D eigenvalue weighted by atomic mass is 10.2. The summed E-state index contributed by atoms with van der Waals surface area (Å²) in [6.45, 7) is 2.16. The molecule has 0 atom stereocenters. The molecule has 162 valence electrons. The van der Waals surface area contributed by atoms with Gasteiger partial charge in [0.05, 0.1) is 21.2 Å². The largest absolute Gasteiger partial charge is 0.417 e. The van der Waals surface area contributed by atoms with Crippen molar-refractivity contribution >= 4 is 33.2 Å². The number of likely N-dealkylation sites (tertiary alicyclic amines) is 1. The van der Waals surface area contributed by atoms with Crippen molar-refractivity contribution in [2.45, 2.75) is 30.8 Å². The molecule has 2 aromatic rings. The zero-order valence-corrected chi connectivity index (χ0v) is 17.7. The summed E-state index contributed by atoms with van der Waals surface area (Å²) in [5.41, 5.74) is -0.626. The highest BCUT2D eigenvalue weighted by atomic mass is 35.5. The van der Waals surface area contributed by atoms with Crippen LogP contribution in [-0.2, 0) is 21.0 Å². The van der Waals surface area contributed by atoms with Crippen LogP contribution in [0.25, 0.3) is 0 Å². The van der Waals surface area contributed by atoms with Crippen molar-refractivity contribution in [1.82, 2.24) is 4.90 Å². The second-order valence-electron chi connectivity index (χ2n) is 7.07. The second kappa shape index (κ2) is 8.47. The van der Waals surface area contributed by atoms with Gasteiger partial charge in [0, 0.05) is 13.1 Å². The number of carbonyl (C=O) groups excluding carboxylic acids is 1. The maximum absolute atomic E-state index is 13.3. The Morgan fingerprint density at radius 1 is 1.10 bits per heavy atom. The summed E-state index contributed by atoms with van der Waals surface area (Å²) in [7, 11) is -4.30. The van der Waals surface area contributed by atoms with E-state index in [0.717, 1.165) is 24.5 Å².